The summed E-state index contributed by atoms with van der Waals surface area (Å²) in [7, 11) is 0. The van der Waals surface area contributed by atoms with Crippen LogP contribution in [0.1, 0.15) is 0 Å². The molecule has 1 nitrogen and oxygen atoms in total. The molecule has 3 heteroatoms. The monoisotopic (exact) mass is 203 g/mol. The van der Waals surface area contributed by atoms with Gasteiger partial charge in [-0.15, -0.1) is 0 Å². The minimum atomic E-state index is 0.499. The maximum Gasteiger partial charge on any atom is 0.506 e. The quantitative estimate of drug-likeness (QED) is 0.641. The first-order valence-electron chi connectivity index (χ1n) is 2.39. The Morgan fingerprint density at radius 3 is 2.44 bits per heavy atom. The molecule has 0 aliphatic carbocycles. The maximum atomic E-state index is 10.2. The highest BCUT2D eigenvalue weighted by atomic mass is 79.9. The molecule has 0 aliphatic rings. The average Bonchev–Trinajstić information content (AvgIpc) is 1.89. The van der Waals surface area contributed by atoms with Crippen molar-refractivity contribution >= 4 is 27.6 Å². The van der Waals surface area contributed by atoms with Gasteiger partial charge in [-0.2, -0.15) is 0 Å². The van der Waals surface area contributed by atoms with Gasteiger partial charge >= 0.3 is 11.7 Å². The first kappa shape index (κ1) is 6.83. The van der Waals surface area contributed by atoms with Crippen LogP contribution < -0.4 is 0 Å². The lowest BCUT2D eigenvalue weighted by Gasteiger charge is -1.80. The summed E-state index contributed by atoms with van der Waals surface area (Å²) in [5, 5.41) is 0. The number of halogens is 1. The second-order valence-corrected chi connectivity index (χ2v) is 2.97. The van der Waals surface area contributed by atoms with Crippen molar-refractivity contribution in [1.29, 1.82) is 0 Å². The highest BCUT2D eigenvalue weighted by Crippen LogP contribution is 2.14. The second kappa shape index (κ2) is 3.03. The van der Waals surface area contributed by atoms with Crippen molar-refractivity contribution < 1.29 is 4.21 Å². The Balaban J connectivity index is 3.15. The van der Waals surface area contributed by atoms with Gasteiger partial charge in [0.15, 0.2) is 0 Å². The molecule has 0 bridgehead atoms. The van der Waals surface area contributed by atoms with Crippen LogP contribution in [0.2, 0.25) is 0 Å². The molecule has 0 atom stereocenters. The average molecular weight is 204 g/mol. The minimum absolute atomic E-state index is 0.499. The van der Waals surface area contributed by atoms with E-state index in [1.54, 1.807) is 6.07 Å². The molecule has 1 aromatic rings. The van der Waals surface area contributed by atoms with E-state index in [0.717, 1.165) is 9.37 Å². The fourth-order valence-corrected chi connectivity index (χ4v) is 1.28. The Kier molecular flexibility index (Phi) is 2.30. The molecule has 1 aromatic carbocycles. The van der Waals surface area contributed by atoms with Crippen molar-refractivity contribution in [2.75, 3.05) is 0 Å². The van der Waals surface area contributed by atoms with Crippen molar-refractivity contribution in [3.05, 3.63) is 28.7 Å². The molecule has 0 heterocycles. The fourth-order valence-electron chi connectivity index (χ4n) is 0.512. The molecule has 0 fully saturated rings. The van der Waals surface area contributed by atoms with Crippen molar-refractivity contribution in [2.24, 2.45) is 0 Å². The smallest absolute Gasteiger partial charge is 0.0607 e. The molecule has 0 amide bonds. The Hall–Kier alpha value is -0.280. The van der Waals surface area contributed by atoms with Gasteiger partial charge in [-0.3, -0.25) is 0 Å². The van der Waals surface area contributed by atoms with E-state index < -0.39 is 0 Å². The van der Waals surface area contributed by atoms with Crippen molar-refractivity contribution in [3.63, 3.8) is 0 Å². The number of rotatable bonds is 1. The molecule has 0 saturated heterocycles. The fraction of sp³-hybridized carbons (Fsp3) is 0. The zero-order valence-electron chi connectivity index (χ0n) is 4.50. The third kappa shape index (κ3) is 1.56. The molecule has 0 unspecified atom stereocenters. The predicted molar refractivity (Wildman–Crippen MR) is 40.5 cm³/mol. The van der Waals surface area contributed by atoms with Crippen LogP contribution in [0.4, 0.5) is 0 Å². The van der Waals surface area contributed by atoms with E-state index in [4.69, 9.17) is 0 Å². The van der Waals surface area contributed by atoms with Crippen LogP contribution in [-0.4, -0.2) is 0 Å². The lowest BCUT2D eigenvalue weighted by Crippen LogP contribution is -1.72. The summed E-state index contributed by atoms with van der Waals surface area (Å²) in [5.74, 6) is 0. The second-order valence-electron chi connectivity index (χ2n) is 1.51. The lowest BCUT2D eigenvalue weighted by molar-refractivity contribution is 0.604. The molecule has 9 heavy (non-hydrogen) atoms. The minimum Gasteiger partial charge on any atom is -0.0607 e. The SMILES string of the molecule is O=[S+]c1ccccc1Br. The van der Waals surface area contributed by atoms with Crippen LogP contribution in [0, 0.1) is 0 Å². The molecule has 0 aliphatic heterocycles. The van der Waals surface area contributed by atoms with Crippen LogP contribution in [0.25, 0.3) is 0 Å². The van der Waals surface area contributed by atoms with Gasteiger partial charge in [0, 0.05) is 10.3 Å². The third-order valence-corrected chi connectivity index (χ3v) is 2.42. The van der Waals surface area contributed by atoms with Crippen LogP contribution in [0.15, 0.2) is 33.6 Å². The van der Waals surface area contributed by atoms with E-state index in [-0.39, 0.29) is 0 Å². The Morgan fingerprint density at radius 2 is 2.00 bits per heavy atom. The largest absolute Gasteiger partial charge is 0.506 e. The van der Waals surface area contributed by atoms with Crippen LogP contribution >= 0.6 is 15.9 Å². The normalized spacial score (nSPS) is 9.00. The van der Waals surface area contributed by atoms with Crippen molar-refractivity contribution in [1.82, 2.24) is 0 Å². The zero-order chi connectivity index (χ0) is 6.69. The molecule has 1 rings (SSSR count). The number of hydrogen-bond acceptors (Lipinski definition) is 1. The first-order chi connectivity index (χ1) is 4.34. The summed E-state index contributed by atoms with van der Waals surface area (Å²) in [6.45, 7) is 0. The highest BCUT2D eigenvalue weighted by Gasteiger charge is 2.08. The van der Waals surface area contributed by atoms with E-state index in [1.807, 2.05) is 18.2 Å². The molecule has 46 valence electrons. The van der Waals surface area contributed by atoms with Crippen LogP contribution in [0.5, 0.6) is 0 Å². The van der Waals surface area contributed by atoms with Gasteiger partial charge in [-0.25, -0.2) is 0 Å². The molecule has 0 spiro atoms. The molecule has 0 N–H and O–H groups in total. The van der Waals surface area contributed by atoms with Gasteiger partial charge < -0.3 is 0 Å². The summed E-state index contributed by atoms with van der Waals surface area (Å²) in [4.78, 5) is 0.734. The molecule has 0 radical (unpaired) electrons. The summed E-state index contributed by atoms with van der Waals surface area (Å²) < 4.78 is 11.1. The van der Waals surface area contributed by atoms with E-state index in [9.17, 15) is 4.21 Å². The van der Waals surface area contributed by atoms with Gasteiger partial charge in [-0.05, 0) is 22.0 Å². The van der Waals surface area contributed by atoms with Gasteiger partial charge in [0.2, 0.25) is 0 Å². The molecular formula is C6H4BrOS+. The van der Waals surface area contributed by atoms with Crippen LogP contribution in [-0.2, 0) is 15.9 Å². The summed E-state index contributed by atoms with van der Waals surface area (Å²) in [6.07, 6.45) is 0. The molecule has 0 saturated carbocycles. The summed E-state index contributed by atoms with van der Waals surface area (Å²) >= 11 is 3.73. The Morgan fingerprint density at radius 1 is 1.33 bits per heavy atom. The Bertz CT molecular complexity index is 224. The van der Waals surface area contributed by atoms with Gasteiger partial charge in [0.05, 0.1) is 4.47 Å². The lowest BCUT2D eigenvalue weighted by atomic mass is 10.4. The van der Waals surface area contributed by atoms with Crippen LogP contribution in [0.3, 0.4) is 0 Å². The van der Waals surface area contributed by atoms with Gasteiger partial charge in [0.1, 0.15) is 0 Å². The van der Waals surface area contributed by atoms with Gasteiger partial charge in [0.25, 0.3) is 4.90 Å². The summed E-state index contributed by atoms with van der Waals surface area (Å²) in [6, 6.07) is 7.34. The van der Waals surface area contributed by atoms with Gasteiger partial charge in [-0.1, -0.05) is 12.1 Å². The van der Waals surface area contributed by atoms with Crippen molar-refractivity contribution in [2.45, 2.75) is 4.90 Å². The van der Waals surface area contributed by atoms with E-state index >= 15 is 0 Å². The van der Waals surface area contributed by atoms with E-state index in [1.165, 1.54) is 0 Å². The van der Waals surface area contributed by atoms with E-state index in [2.05, 4.69) is 15.9 Å². The van der Waals surface area contributed by atoms with E-state index in [0.29, 0.717) is 11.7 Å². The predicted octanol–water partition coefficient (Wildman–Crippen LogP) is 2.24. The topological polar surface area (TPSA) is 17.1 Å². The number of benzene rings is 1. The number of hydrogen-bond donors (Lipinski definition) is 0. The zero-order valence-corrected chi connectivity index (χ0v) is 6.91. The maximum absolute atomic E-state index is 10.2. The molecule has 0 aromatic heterocycles. The van der Waals surface area contributed by atoms with Crippen molar-refractivity contribution in [3.8, 4) is 0 Å². The highest BCUT2D eigenvalue weighted by molar-refractivity contribution is 9.10. The summed E-state index contributed by atoms with van der Waals surface area (Å²) in [5.41, 5.74) is 0. The first-order valence-corrected chi connectivity index (χ1v) is 3.92. The third-order valence-electron chi connectivity index (χ3n) is 0.926. The Labute approximate surface area is 65.7 Å². The molecular weight excluding hydrogens is 200 g/mol. The standard InChI is InChI=1S/C6H4BrOS/c7-5-3-1-2-4-6(5)9-8/h1-4H/q+1.